The average molecular weight is 558 g/mol. The van der Waals surface area contributed by atoms with Gasteiger partial charge in [0.1, 0.15) is 11.9 Å². The van der Waals surface area contributed by atoms with Gasteiger partial charge in [-0.1, -0.05) is 58.2 Å². The van der Waals surface area contributed by atoms with Crippen molar-refractivity contribution in [3.63, 3.8) is 0 Å². The molecule has 0 spiro atoms. The lowest BCUT2D eigenvalue weighted by atomic mass is 9.50. The summed E-state index contributed by atoms with van der Waals surface area (Å²) < 4.78 is 23.0. The van der Waals surface area contributed by atoms with Crippen molar-refractivity contribution >= 4 is 31.5 Å². The molecule has 0 radical (unpaired) electrons. The summed E-state index contributed by atoms with van der Waals surface area (Å²) in [6.07, 6.45) is 6.33. The van der Waals surface area contributed by atoms with Crippen LogP contribution in [0, 0.1) is 23.2 Å². The van der Waals surface area contributed by atoms with Gasteiger partial charge in [0.2, 0.25) is 0 Å². The van der Waals surface area contributed by atoms with Gasteiger partial charge < -0.3 is 9.53 Å². The van der Waals surface area contributed by atoms with Crippen molar-refractivity contribution in [3.05, 3.63) is 28.3 Å². The van der Waals surface area contributed by atoms with Gasteiger partial charge in [-0.15, -0.1) is 11.6 Å². The van der Waals surface area contributed by atoms with E-state index < -0.39 is 20.1 Å². The smallest absolute Gasteiger partial charge is 0.250 e. The van der Waals surface area contributed by atoms with E-state index in [2.05, 4.69) is 46.9 Å². The quantitative estimate of drug-likeness (QED) is 0.206. The van der Waals surface area contributed by atoms with Crippen LogP contribution in [0.4, 0.5) is 4.39 Å². The molecule has 0 aliphatic heterocycles. The SMILES string of the molecule is CC1(O)CCC2C3C(CCCCCCl)Cc4c(ccc(O[Si](C)(C)C(C)(C)C)c4Cl)C3C(F)CC21C. The molecule has 4 rings (SSSR count). The molecule has 1 aromatic carbocycles. The molecule has 0 aromatic heterocycles. The van der Waals surface area contributed by atoms with E-state index in [-0.39, 0.29) is 22.3 Å². The molecular formula is C30H47Cl2FO2Si. The predicted molar refractivity (Wildman–Crippen MR) is 153 cm³/mol. The summed E-state index contributed by atoms with van der Waals surface area (Å²) in [4.78, 5) is 0. The Hall–Kier alpha value is -0.293. The zero-order valence-electron chi connectivity index (χ0n) is 23.4. The number of rotatable bonds is 7. The topological polar surface area (TPSA) is 29.5 Å². The number of hydrogen-bond acceptors (Lipinski definition) is 2. The van der Waals surface area contributed by atoms with Crippen molar-refractivity contribution in [2.75, 3.05) is 5.88 Å². The number of hydrogen-bond donors (Lipinski definition) is 1. The first kappa shape index (κ1) is 28.7. The predicted octanol–water partition coefficient (Wildman–Crippen LogP) is 9.30. The summed E-state index contributed by atoms with van der Waals surface area (Å²) in [5.74, 6) is 2.22. The molecule has 204 valence electrons. The molecule has 0 amide bonds. The van der Waals surface area contributed by atoms with E-state index in [1.54, 1.807) is 0 Å². The Morgan fingerprint density at radius 2 is 1.86 bits per heavy atom. The van der Waals surface area contributed by atoms with Crippen molar-refractivity contribution in [1.29, 1.82) is 0 Å². The van der Waals surface area contributed by atoms with E-state index in [1.165, 1.54) is 0 Å². The van der Waals surface area contributed by atoms with Gasteiger partial charge in [0.15, 0.2) is 0 Å². The van der Waals surface area contributed by atoms with Gasteiger partial charge in [-0.2, -0.15) is 0 Å². The fourth-order valence-electron chi connectivity index (χ4n) is 7.49. The molecule has 6 heteroatoms. The molecule has 0 saturated heterocycles. The van der Waals surface area contributed by atoms with Gasteiger partial charge in [0.05, 0.1) is 10.6 Å². The van der Waals surface area contributed by atoms with E-state index in [1.807, 2.05) is 13.0 Å². The summed E-state index contributed by atoms with van der Waals surface area (Å²) in [6.45, 7) is 15.3. The Morgan fingerprint density at radius 1 is 1.17 bits per heavy atom. The van der Waals surface area contributed by atoms with Crippen LogP contribution in [0.2, 0.25) is 23.2 Å². The summed E-state index contributed by atoms with van der Waals surface area (Å²) >= 11 is 13.1. The lowest BCUT2D eigenvalue weighted by Gasteiger charge is -2.56. The molecule has 0 heterocycles. The van der Waals surface area contributed by atoms with Crippen LogP contribution in [0.25, 0.3) is 0 Å². The summed E-state index contributed by atoms with van der Waals surface area (Å²) in [6, 6.07) is 4.12. The lowest BCUT2D eigenvalue weighted by Crippen LogP contribution is -2.55. The van der Waals surface area contributed by atoms with Crippen molar-refractivity contribution < 1.29 is 13.9 Å². The fraction of sp³-hybridized carbons (Fsp3) is 0.800. The number of unbranched alkanes of at least 4 members (excludes halogenated alkanes) is 2. The van der Waals surface area contributed by atoms with Gasteiger partial charge >= 0.3 is 0 Å². The van der Waals surface area contributed by atoms with E-state index in [4.69, 9.17) is 27.6 Å². The molecule has 2 fully saturated rings. The normalized spacial score (nSPS) is 36.2. The van der Waals surface area contributed by atoms with Gasteiger partial charge in [-0.05, 0) is 98.5 Å². The third-order valence-corrected chi connectivity index (χ3v) is 15.9. The average Bonchev–Trinajstić information content (AvgIpc) is 3.00. The van der Waals surface area contributed by atoms with Gasteiger partial charge in [-0.25, -0.2) is 4.39 Å². The third-order valence-electron chi connectivity index (χ3n) is 10.9. The second-order valence-corrected chi connectivity index (χ2v) is 19.5. The Bertz CT molecular complexity index is 959. The largest absolute Gasteiger partial charge is 0.542 e. The van der Waals surface area contributed by atoms with Gasteiger partial charge in [-0.3, -0.25) is 0 Å². The molecule has 3 aliphatic rings. The van der Waals surface area contributed by atoms with E-state index in [9.17, 15) is 5.11 Å². The highest BCUT2D eigenvalue weighted by Gasteiger charge is 2.64. The zero-order chi connectivity index (χ0) is 26.7. The van der Waals surface area contributed by atoms with Crippen molar-refractivity contribution in [2.45, 2.75) is 122 Å². The maximum Gasteiger partial charge on any atom is 0.250 e. The van der Waals surface area contributed by atoms with E-state index >= 15 is 4.39 Å². The molecule has 2 nitrogen and oxygen atoms in total. The molecule has 2 saturated carbocycles. The minimum absolute atomic E-state index is 0.0690. The number of halogens is 3. The Morgan fingerprint density at radius 3 is 2.50 bits per heavy atom. The van der Waals surface area contributed by atoms with Crippen molar-refractivity contribution in [2.24, 2.45) is 23.2 Å². The Kier molecular flexibility index (Phi) is 8.00. The van der Waals surface area contributed by atoms with Crippen molar-refractivity contribution in [1.82, 2.24) is 0 Å². The molecule has 1 aromatic rings. The molecular weight excluding hydrogens is 510 g/mol. The first-order chi connectivity index (χ1) is 16.6. The summed E-state index contributed by atoms with van der Waals surface area (Å²) in [5, 5.41) is 12.1. The number of aliphatic hydroxyl groups is 1. The Labute approximate surface area is 229 Å². The third kappa shape index (κ3) is 4.80. The van der Waals surface area contributed by atoms with Gasteiger partial charge in [0.25, 0.3) is 8.32 Å². The van der Waals surface area contributed by atoms with Crippen LogP contribution >= 0.6 is 23.2 Å². The summed E-state index contributed by atoms with van der Waals surface area (Å²) in [7, 11) is -2.06. The van der Waals surface area contributed by atoms with Crippen LogP contribution in [-0.4, -0.2) is 31.1 Å². The fourth-order valence-corrected chi connectivity index (χ4v) is 9.06. The molecule has 1 N–H and O–H groups in total. The molecule has 36 heavy (non-hydrogen) atoms. The maximum absolute atomic E-state index is 16.3. The monoisotopic (exact) mass is 556 g/mol. The number of alkyl halides is 2. The highest BCUT2D eigenvalue weighted by Crippen LogP contribution is 2.66. The minimum atomic E-state index is -2.06. The number of benzene rings is 1. The molecule has 7 atom stereocenters. The first-order valence-electron chi connectivity index (χ1n) is 14.1. The highest BCUT2D eigenvalue weighted by atomic mass is 35.5. The first-order valence-corrected chi connectivity index (χ1v) is 17.9. The van der Waals surface area contributed by atoms with E-state index in [0.717, 1.165) is 61.8 Å². The van der Waals surface area contributed by atoms with Crippen LogP contribution < -0.4 is 4.43 Å². The molecule has 3 aliphatic carbocycles. The van der Waals surface area contributed by atoms with Crippen LogP contribution in [0.3, 0.4) is 0 Å². The van der Waals surface area contributed by atoms with Crippen LogP contribution in [0.1, 0.15) is 96.6 Å². The van der Waals surface area contributed by atoms with E-state index in [0.29, 0.717) is 29.2 Å². The number of fused-ring (bicyclic) bond motifs is 5. The lowest BCUT2D eigenvalue weighted by molar-refractivity contribution is -0.120. The maximum atomic E-state index is 16.3. The van der Waals surface area contributed by atoms with Crippen LogP contribution in [-0.2, 0) is 6.42 Å². The molecule has 7 unspecified atom stereocenters. The van der Waals surface area contributed by atoms with Crippen LogP contribution in [0.15, 0.2) is 12.1 Å². The Balaban J connectivity index is 1.74. The van der Waals surface area contributed by atoms with Gasteiger partial charge in [0, 0.05) is 17.2 Å². The van der Waals surface area contributed by atoms with Crippen LogP contribution in [0.5, 0.6) is 5.75 Å². The summed E-state index contributed by atoms with van der Waals surface area (Å²) in [5.41, 5.74) is 1.00. The minimum Gasteiger partial charge on any atom is -0.542 e. The standard InChI is InChI=1S/C30H47Cl2FO2Si/c1-28(2,3)36(6,7)35-24-13-12-20-21(27(24)32)17-19(11-9-8-10-16-31)25-22-14-15-30(5,34)29(22,4)18-23(33)26(20)25/h12-13,19,22-23,25-26,34H,8-11,14-18H2,1-7H3. The second kappa shape index (κ2) is 10.0. The highest BCUT2D eigenvalue weighted by molar-refractivity contribution is 6.74. The van der Waals surface area contributed by atoms with Crippen molar-refractivity contribution in [3.8, 4) is 5.75 Å². The molecule has 0 bridgehead atoms. The zero-order valence-corrected chi connectivity index (χ0v) is 25.9. The second-order valence-electron chi connectivity index (χ2n) is 14.0.